The number of carbonyl (C=O) groups excluding carboxylic acids is 2. The Morgan fingerprint density at radius 2 is 1.88 bits per heavy atom. The largest absolute Gasteiger partial charge is 0.457 e. The van der Waals surface area contributed by atoms with Crippen molar-refractivity contribution in [3.05, 3.63) is 53.1 Å². The number of benzene rings is 1. The van der Waals surface area contributed by atoms with Crippen LogP contribution in [-0.2, 0) is 23.8 Å². The molecule has 1 aromatic rings. The first-order chi connectivity index (χ1) is 15.6. The number of esters is 2. The minimum atomic E-state index is -1.21. The standard InChI is InChI=1S/C27H34O6/c1-16(2)27-15-21(31-25(30)18(4)28)26(5,33-27)20-13-11-17(3)23(20)24(27)32-22(29)14-12-19-9-7-6-8-10-19/h6-10,12,14,16,18,20-21,24,28H,11,13,15H2,1-5H3. The Labute approximate surface area is 195 Å². The van der Waals surface area contributed by atoms with Crippen molar-refractivity contribution in [1.29, 1.82) is 0 Å². The number of hydrogen-bond acceptors (Lipinski definition) is 6. The lowest BCUT2D eigenvalue weighted by atomic mass is 9.74. The highest BCUT2D eigenvalue weighted by Gasteiger charge is 2.70. The van der Waals surface area contributed by atoms with E-state index in [4.69, 9.17) is 14.2 Å². The van der Waals surface area contributed by atoms with E-state index in [1.165, 1.54) is 18.6 Å². The maximum absolute atomic E-state index is 12.9. The normalized spacial score (nSPS) is 34.0. The Morgan fingerprint density at radius 1 is 1.18 bits per heavy atom. The summed E-state index contributed by atoms with van der Waals surface area (Å²) in [6.45, 7) is 9.58. The van der Waals surface area contributed by atoms with Gasteiger partial charge in [-0.15, -0.1) is 0 Å². The van der Waals surface area contributed by atoms with Crippen molar-refractivity contribution in [1.82, 2.24) is 0 Å². The molecule has 6 unspecified atom stereocenters. The second kappa shape index (κ2) is 8.73. The van der Waals surface area contributed by atoms with E-state index in [9.17, 15) is 14.7 Å². The monoisotopic (exact) mass is 454 g/mol. The molecular weight excluding hydrogens is 420 g/mol. The Morgan fingerprint density at radius 3 is 2.52 bits per heavy atom. The fourth-order valence-corrected chi connectivity index (χ4v) is 5.79. The number of aliphatic hydroxyl groups is 1. The first kappa shape index (κ1) is 23.7. The van der Waals surface area contributed by atoms with Gasteiger partial charge in [0.2, 0.25) is 0 Å². The van der Waals surface area contributed by atoms with Gasteiger partial charge in [-0.2, -0.15) is 0 Å². The van der Waals surface area contributed by atoms with Gasteiger partial charge in [-0.3, -0.25) is 0 Å². The van der Waals surface area contributed by atoms with E-state index < -0.39 is 41.5 Å². The molecule has 2 bridgehead atoms. The molecule has 2 saturated heterocycles. The van der Waals surface area contributed by atoms with Gasteiger partial charge in [0.25, 0.3) is 0 Å². The van der Waals surface area contributed by atoms with Gasteiger partial charge < -0.3 is 19.3 Å². The summed E-state index contributed by atoms with van der Waals surface area (Å²) >= 11 is 0. The first-order valence-electron chi connectivity index (χ1n) is 11.8. The molecule has 0 aromatic heterocycles. The van der Waals surface area contributed by atoms with Crippen molar-refractivity contribution in [3.8, 4) is 0 Å². The van der Waals surface area contributed by atoms with E-state index in [1.807, 2.05) is 51.1 Å². The summed E-state index contributed by atoms with van der Waals surface area (Å²) in [6.07, 6.45) is 3.05. The third kappa shape index (κ3) is 4.04. The average Bonchev–Trinajstić information content (AvgIpc) is 3.28. The SMILES string of the molecule is CC1=C2C(CC1)C1(C)OC(C(C)C)(CC1OC(=O)C(C)O)C2OC(=O)C=Cc1ccccc1. The summed E-state index contributed by atoms with van der Waals surface area (Å²) in [5, 5.41) is 9.73. The highest BCUT2D eigenvalue weighted by atomic mass is 16.6. The summed E-state index contributed by atoms with van der Waals surface area (Å²) in [5.41, 5.74) is 1.69. The summed E-state index contributed by atoms with van der Waals surface area (Å²) < 4.78 is 18.7. The zero-order valence-corrected chi connectivity index (χ0v) is 20.0. The quantitative estimate of drug-likeness (QED) is 0.394. The predicted molar refractivity (Wildman–Crippen MR) is 124 cm³/mol. The van der Waals surface area contributed by atoms with Gasteiger partial charge in [-0.05, 0) is 56.7 Å². The molecule has 6 heteroatoms. The fraction of sp³-hybridized carbons (Fsp3) is 0.556. The van der Waals surface area contributed by atoms with Crippen LogP contribution >= 0.6 is 0 Å². The Kier molecular flexibility index (Phi) is 6.27. The molecule has 0 amide bonds. The minimum Gasteiger partial charge on any atom is -0.457 e. The van der Waals surface area contributed by atoms with Crippen molar-refractivity contribution < 1.29 is 28.9 Å². The van der Waals surface area contributed by atoms with E-state index in [-0.39, 0.29) is 11.8 Å². The van der Waals surface area contributed by atoms with Crippen LogP contribution in [0.15, 0.2) is 47.6 Å². The highest BCUT2D eigenvalue weighted by Crippen LogP contribution is 2.61. The lowest BCUT2D eigenvalue weighted by Crippen LogP contribution is -2.58. The molecule has 6 atom stereocenters. The van der Waals surface area contributed by atoms with Gasteiger partial charge in [0, 0.05) is 18.4 Å². The fourth-order valence-electron chi connectivity index (χ4n) is 5.79. The number of allylic oxidation sites excluding steroid dienone is 1. The molecule has 2 heterocycles. The zero-order chi connectivity index (χ0) is 24.0. The summed E-state index contributed by atoms with van der Waals surface area (Å²) in [6, 6.07) is 9.60. The average molecular weight is 455 g/mol. The molecule has 178 valence electrons. The maximum atomic E-state index is 12.9. The molecule has 1 aromatic carbocycles. The molecule has 3 aliphatic rings. The number of aliphatic hydroxyl groups excluding tert-OH is 1. The van der Waals surface area contributed by atoms with Crippen LogP contribution in [0.25, 0.3) is 6.08 Å². The topological polar surface area (TPSA) is 82.1 Å². The van der Waals surface area contributed by atoms with Crippen molar-refractivity contribution in [2.75, 3.05) is 0 Å². The molecule has 6 nitrogen and oxygen atoms in total. The van der Waals surface area contributed by atoms with E-state index >= 15 is 0 Å². The molecule has 0 spiro atoms. The highest BCUT2D eigenvalue weighted by molar-refractivity contribution is 5.87. The van der Waals surface area contributed by atoms with Crippen LogP contribution in [0.5, 0.6) is 0 Å². The van der Waals surface area contributed by atoms with Crippen molar-refractivity contribution in [2.45, 2.75) is 83.4 Å². The molecule has 2 aliphatic heterocycles. The molecule has 0 radical (unpaired) electrons. The Balaban J connectivity index is 1.68. The number of rotatable bonds is 6. The van der Waals surface area contributed by atoms with Gasteiger partial charge >= 0.3 is 11.9 Å². The van der Waals surface area contributed by atoms with Gasteiger partial charge in [0.1, 0.15) is 23.4 Å². The smallest absolute Gasteiger partial charge is 0.335 e. The van der Waals surface area contributed by atoms with E-state index in [1.54, 1.807) is 6.08 Å². The van der Waals surface area contributed by atoms with Crippen molar-refractivity contribution in [3.63, 3.8) is 0 Å². The second-order valence-electron chi connectivity index (χ2n) is 10.1. The molecule has 1 aliphatic carbocycles. The minimum absolute atomic E-state index is 0.00447. The zero-order valence-electron chi connectivity index (χ0n) is 20.0. The lowest BCUT2D eigenvalue weighted by molar-refractivity contribution is -0.223. The van der Waals surface area contributed by atoms with Gasteiger partial charge in [-0.25, -0.2) is 9.59 Å². The van der Waals surface area contributed by atoms with Crippen LogP contribution in [0.1, 0.15) is 59.4 Å². The van der Waals surface area contributed by atoms with Gasteiger partial charge in [0.05, 0.1) is 0 Å². The van der Waals surface area contributed by atoms with Crippen LogP contribution in [0.2, 0.25) is 0 Å². The van der Waals surface area contributed by atoms with E-state index in [2.05, 4.69) is 6.92 Å². The summed E-state index contributed by atoms with van der Waals surface area (Å²) in [5.74, 6) is -1.10. The van der Waals surface area contributed by atoms with Crippen LogP contribution < -0.4 is 0 Å². The van der Waals surface area contributed by atoms with Crippen LogP contribution in [-0.4, -0.2) is 46.6 Å². The second-order valence-corrected chi connectivity index (χ2v) is 10.1. The van der Waals surface area contributed by atoms with Gasteiger partial charge in [-0.1, -0.05) is 49.8 Å². The Hall–Kier alpha value is -2.44. The van der Waals surface area contributed by atoms with Crippen LogP contribution in [0.4, 0.5) is 0 Å². The lowest BCUT2D eigenvalue weighted by Gasteiger charge is -2.50. The van der Waals surface area contributed by atoms with Crippen LogP contribution in [0.3, 0.4) is 0 Å². The third-order valence-electron chi connectivity index (χ3n) is 7.67. The number of carbonyl (C=O) groups is 2. The Bertz CT molecular complexity index is 978. The molecule has 1 N–H and O–H groups in total. The predicted octanol–water partition coefficient (Wildman–Crippen LogP) is 4.22. The van der Waals surface area contributed by atoms with Crippen molar-refractivity contribution >= 4 is 18.0 Å². The first-order valence-corrected chi connectivity index (χ1v) is 11.8. The molecule has 33 heavy (non-hydrogen) atoms. The molecule has 4 rings (SSSR count). The maximum Gasteiger partial charge on any atom is 0.335 e. The van der Waals surface area contributed by atoms with Gasteiger partial charge in [0.15, 0.2) is 6.10 Å². The third-order valence-corrected chi connectivity index (χ3v) is 7.67. The number of ether oxygens (including phenoxy) is 3. The molecule has 2 fully saturated rings. The summed E-state index contributed by atoms with van der Waals surface area (Å²) in [4.78, 5) is 25.2. The molecular formula is C27H34O6. The van der Waals surface area contributed by atoms with E-state index in [0.29, 0.717) is 6.42 Å². The van der Waals surface area contributed by atoms with Crippen LogP contribution in [0, 0.1) is 11.8 Å². The van der Waals surface area contributed by atoms with E-state index in [0.717, 1.165) is 24.0 Å². The number of fused-ring (bicyclic) bond motifs is 4. The molecule has 0 saturated carbocycles. The summed E-state index contributed by atoms with van der Waals surface area (Å²) in [7, 11) is 0. The number of hydrogen-bond donors (Lipinski definition) is 1. The van der Waals surface area contributed by atoms with Crippen molar-refractivity contribution in [2.24, 2.45) is 11.8 Å².